The minimum atomic E-state index is 0.841. The van der Waals surface area contributed by atoms with Crippen molar-refractivity contribution in [2.75, 3.05) is 6.54 Å². The Morgan fingerprint density at radius 1 is 1.33 bits per heavy atom. The van der Waals surface area contributed by atoms with Crippen molar-refractivity contribution in [3.05, 3.63) is 12.7 Å². The van der Waals surface area contributed by atoms with Gasteiger partial charge in [0, 0.05) is 6.04 Å². The fourth-order valence-corrected chi connectivity index (χ4v) is 1.86. The molecule has 1 unspecified atom stereocenters. The Morgan fingerprint density at radius 3 is 2.92 bits per heavy atom. The molecular formula is C11H21N. The van der Waals surface area contributed by atoms with Crippen LogP contribution in [0.3, 0.4) is 0 Å². The molecule has 12 heavy (non-hydrogen) atoms. The highest BCUT2D eigenvalue weighted by Crippen LogP contribution is 2.13. The standard InChI is InChI=1S/C11H21N/c1-2-3-4-5-6-8-11-9-7-10-12-11/h2,11-12H,1,3-10H2. The fraction of sp³-hybridized carbons (Fsp3) is 0.818. The van der Waals surface area contributed by atoms with Crippen LogP contribution < -0.4 is 5.32 Å². The van der Waals surface area contributed by atoms with Gasteiger partial charge >= 0.3 is 0 Å². The van der Waals surface area contributed by atoms with Crippen LogP contribution >= 0.6 is 0 Å². The van der Waals surface area contributed by atoms with Crippen LogP contribution in [0.15, 0.2) is 12.7 Å². The number of rotatable bonds is 6. The highest BCUT2D eigenvalue weighted by molar-refractivity contribution is 4.74. The van der Waals surface area contributed by atoms with Crippen molar-refractivity contribution in [1.82, 2.24) is 5.32 Å². The molecule has 0 aromatic rings. The van der Waals surface area contributed by atoms with Crippen molar-refractivity contribution in [3.8, 4) is 0 Å². The zero-order valence-electron chi connectivity index (χ0n) is 8.02. The summed E-state index contributed by atoms with van der Waals surface area (Å²) < 4.78 is 0. The molecule has 1 aliphatic rings. The summed E-state index contributed by atoms with van der Waals surface area (Å²) in [6, 6.07) is 0.841. The molecule has 0 spiro atoms. The third-order valence-corrected chi connectivity index (χ3v) is 2.62. The smallest absolute Gasteiger partial charge is 0.00675 e. The van der Waals surface area contributed by atoms with E-state index in [2.05, 4.69) is 11.9 Å². The van der Waals surface area contributed by atoms with Crippen LogP contribution in [0.2, 0.25) is 0 Å². The first-order valence-electron chi connectivity index (χ1n) is 5.28. The van der Waals surface area contributed by atoms with Crippen LogP contribution in [-0.4, -0.2) is 12.6 Å². The SMILES string of the molecule is C=CCCCCCC1CCCN1. The minimum Gasteiger partial charge on any atom is -0.314 e. The molecule has 1 aliphatic heterocycles. The van der Waals surface area contributed by atoms with Crippen LogP contribution in [0.1, 0.15) is 44.9 Å². The molecule has 0 aromatic heterocycles. The van der Waals surface area contributed by atoms with E-state index >= 15 is 0 Å². The Bertz CT molecular complexity index is 114. The molecule has 1 N–H and O–H groups in total. The minimum absolute atomic E-state index is 0.841. The third-order valence-electron chi connectivity index (χ3n) is 2.62. The molecule has 1 heteroatoms. The summed E-state index contributed by atoms with van der Waals surface area (Å²) in [6.07, 6.45) is 11.5. The fourth-order valence-electron chi connectivity index (χ4n) is 1.86. The maximum absolute atomic E-state index is 3.72. The van der Waals surface area contributed by atoms with Gasteiger partial charge in [0.1, 0.15) is 0 Å². The van der Waals surface area contributed by atoms with E-state index in [1.165, 1.54) is 51.5 Å². The van der Waals surface area contributed by atoms with Crippen LogP contribution in [0.5, 0.6) is 0 Å². The molecule has 0 bridgehead atoms. The molecule has 0 amide bonds. The van der Waals surface area contributed by atoms with Gasteiger partial charge in [-0.2, -0.15) is 0 Å². The second-order valence-electron chi connectivity index (χ2n) is 3.72. The molecule has 1 atom stereocenters. The van der Waals surface area contributed by atoms with Crippen molar-refractivity contribution < 1.29 is 0 Å². The number of allylic oxidation sites excluding steroid dienone is 1. The van der Waals surface area contributed by atoms with E-state index in [0.29, 0.717) is 0 Å². The Hall–Kier alpha value is -0.300. The predicted molar refractivity (Wildman–Crippen MR) is 54.3 cm³/mol. The van der Waals surface area contributed by atoms with Gasteiger partial charge in [-0.05, 0) is 38.6 Å². The Morgan fingerprint density at radius 2 is 2.25 bits per heavy atom. The van der Waals surface area contributed by atoms with E-state index in [1.807, 2.05) is 6.08 Å². The molecule has 0 radical (unpaired) electrons. The quantitative estimate of drug-likeness (QED) is 0.474. The van der Waals surface area contributed by atoms with Crippen LogP contribution in [0.4, 0.5) is 0 Å². The normalized spacial score (nSPS) is 22.8. The van der Waals surface area contributed by atoms with Crippen molar-refractivity contribution in [2.24, 2.45) is 0 Å². The molecule has 1 rings (SSSR count). The van der Waals surface area contributed by atoms with Gasteiger partial charge in [-0.15, -0.1) is 6.58 Å². The van der Waals surface area contributed by atoms with E-state index in [9.17, 15) is 0 Å². The first kappa shape index (κ1) is 9.79. The summed E-state index contributed by atoms with van der Waals surface area (Å²) in [6.45, 7) is 4.97. The zero-order chi connectivity index (χ0) is 8.65. The topological polar surface area (TPSA) is 12.0 Å². The summed E-state index contributed by atoms with van der Waals surface area (Å²) in [5, 5.41) is 3.53. The van der Waals surface area contributed by atoms with E-state index in [4.69, 9.17) is 0 Å². The molecule has 0 aliphatic carbocycles. The molecule has 0 aromatic carbocycles. The lowest BCUT2D eigenvalue weighted by Crippen LogP contribution is -2.20. The summed E-state index contributed by atoms with van der Waals surface area (Å²) in [4.78, 5) is 0. The zero-order valence-corrected chi connectivity index (χ0v) is 8.02. The molecule has 1 heterocycles. The average Bonchev–Trinajstić information content (AvgIpc) is 2.57. The lowest BCUT2D eigenvalue weighted by atomic mass is 10.1. The van der Waals surface area contributed by atoms with E-state index < -0.39 is 0 Å². The van der Waals surface area contributed by atoms with Crippen LogP contribution in [0, 0.1) is 0 Å². The molecule has 0 saturated carbocycles. The summed E-state index contributed by atoms with van der Waals surface area (Å²) in [5.74, 6) is 0. The van der Waals surface area contributed by atoms with E-state index in [1.54, 1.807) is 0 Å². The molecule has 1 fully saturated rings. The van der Waals surface area contributed by atoms with Crippen molar-refractivity contribution in [3.63, 3.8) is 0 Å². The maximum atomic E-state index is 3.72. The Balaban J connectivity index is 1.84. The lowest BCUT2D eigenvalue weighted by Gasteiger charge is -2.08. The molecule has 1 saturated heterocycles. The highest BCUT2D eigenvalue weighted by Gasteiger charge is 2.12. The van der Waals surface area contributed by atoms with Gasteiger partial charge in [-0.3, -0.25) is 0 Å². The number of unbranched alkanes of at least 4 members (excludes halogenated alkanes) is 3. The number of hydrogen-bond acceptors (Lipinski definition) is 1. The number of nitrogens with one attached hydrogen (secondary N) is 1. The lowest BCUT2D eigenvalue weighted by molar-refractivity contribution is 0.516. The summed E-state index contributed by atoms with van der Waals surface area (Å²) in [5.41, 5.74) is 0. The van der Waals surface area contributed by atoms with Crippen molar-refractivity contribution >= 4 is 0 Å². The van der Waals surface area contributed by atoms with Crippen LogP contribution in [-0.2, 0) is 0 Å². The van der Waals surface area contributed by atoms with Gasteiger partial charge in [0.15, 0.2) is 0 Å². The average molecular weight is 167 g/mol. The van der Waals surface area contributed by atoms with Gasteiger partial charge < -0.3 is 5.32 Å². The monoisotopic (exact) mass is 167 g/mol. The van der Waals surface area contributed by atoms with Crippen molar-refractivity contribution in [2.45, 2.75) is 51.0 Å². The van der Waals surface area contributed by atoms with Gasteiger partial charge in [0.25, 0.3) is 0 Å². The van der Waals surface area contributed by atoms with E-state index in [-0.39, 0.29) is 0 Å². The first-order valence-corrected chi connectivity index (χ1v) is 5.28. The van der Waals surface area contributed by atoms with Gasteiger partial charge in [-0.1, -0.05) is 18.9 Å². The third kappa shape index (κ3) is 3.91. The Kier molecular flexibility index (Phi) is 5.09. The second kappa shape index (κ2) is 6.24. The Labute approximate surface area is 76.2 Å². The summed E-state index contributed by atoms with van der Waals surface area (Å²) in [7, 11) is 0. The molecule has 70 valence electrons. The molecule has 1 nitrogen and oxygen atoms in total. The molecular weight excluding hydrogens is 146 g/mol. The highest BCUT2D eigenvalue weighted by atomic mass is 14.9. The first-order chi connectivity index (χ1) is 5.93. The van der Waals surface area contributed by atoms with E-state index in [0.717, 1.165) is 6.04 Å². The van der Waals surface area contributed by atoms with Crippen LogP contribution in [0.25, 0.3) is 0 Å². The van der Waals surface area contributed by atoms with Gasteiger partial charge in [0.05, 0.1) is 0 Å². The maximum Gasteiger partial charge on any atom is 0.00675 e. The predicted octanol–water partition coefficient (Wildman–Crippen LogP) is 2.87. The van der Waals surface area contributed by atoms with Crippen molar-refractivity contribution in [1.29, 1.82) is 0 Å². The second-order valence-corrected chi connectivity index (χ2v) is 3.72. The number of hydrogen-bond donors (Lipinski definition) is 1. The largest absolute Gasteiger partial charge is 0.314 e. The van der Waals surface area contributed by atoms with Gasteiger partial charge in [-0.25, -0.2) is 0 Å². The summed E-state index contributed by atoms with van der Waals surface area (Å²) >= 11 is 0. The van der Waals surface area contributed by atoms with Gasteiger partial charge in [0.2, 0.25) is 0 Å².